The number of aliphatic carboxylic acids is 1. The maximum absolute atomic E-state index is 13.3. The molecule has 0 aromatic carbocycles. The predicted octanol–water partition coefficient (Wildman–Crippen LogP) is 4.97. The maximum Gasteiger partial charge on any atom is 0.320 e. The van der Waals surface area contributed by atoms with Gasteiger partial charge in [0.15, 0.2) is 0 Å². The van der Waals surface area contributed by atoms with Crippen LogP contribution in [0, 0.1) is 56.7 Å². The molecule has 4 N–H and O–H groups in total. The van der Waals surface area contributed by atoms with Crippen LogP contribution in [0.1, 0.15) is 93.9 Å². The zero-order valence-electron chi connectivity index (χ0n) is 28.9. The highest BCUT2D eigenvalue weighted by Crippen LogP contribution is 2.75. The Bertz CT molecular complexity index is 1220. The van der Waals surface area contributed by atoms with Gasteiger partial charge in [0.2, 0.25) is 0 Å². The number of carbonyl (C=O) groups excluding carboxylic acids is 2. The molecule has 45 heavy (non-hydrogen) atoms. The lowest BCUT2D eigenvalue weighted by atomic mass is 9.34. The van der Waals surface area contributed by atoms with Crippen molar-refractivity contribution >= 4 is 17.9 Å². The minimum absolute atomic E-state index is 0.0382. The molecule has 0 radical (unpaired) electrons. The molecule has 3 saturated carbocycles. The van der Waals surface area contributed by atoms with Crippen LogP contribution < -0.4 is 11.1 Å². The second-order valence-electron chi connectivity index (χ2n) is 16.6. The summed E-state index contributed by atoms with van der Waals surface area (Å²) in [6, 6.07) is 0. The van der Waals surface area contributed by atoms with E-state index in [0.717, 1.165) is 25.7 Å². The third-order valence-corrected chi connectivity index (χ3v) is 14.2. The number of esters is 2. The lowest BCUT2D eigenvalue weighted by Crippen LogP contribution is -2.70. The van der Waals surface area contributed by atoms with Crippen molar-refractivity contribution in [2.45, 2.75) is 106 Å². The van der Waals surface area contributed by atoms with Gasteiger partial charge in [-0.15, -0.1) is 0 Å². The molecule has 11 atom stereocenters. The highest BCUT2D eigenvalue weighted by molar-refractivity contribution is 5.73. The average molecular weight is 631 g/mol. The fourth-order valence-electron chi connectivity index (χ4n) is 11.6. The van der Waals surface area contributed by atoms with E-state index in [0.29, 0.717) is 45.1 Å². The van der Waals surface area contributed by atoms with Gasteiger partial charge < -0.3 is 30.4 Å². The minimum atomic E-state index is -0.672. The molecular weight excluding hydrogens is 572 g/mol. The number of nitrogens with one attached hydrogen (secondary N) is 1. The molecule has 0 aromatic heterocycles. The molecule has 4 aliphatic carbocycles. The van der Waals surface area contributed by atoms with Gasteiger partial charge in [-0.3, -0.25) is 14.4 Å². The van der Waals surface area contributed by atoms with Crippen LogP contribution in [-0.2, 0) is 28.6 Å². The second-order valence-corrected chi connectivity index (χ2v) is 16.6. The lowest BCUT2D eigenvalue weighted by Gasteiger charge is -2.71. The molecule has 2 bridgehead atoms. The predicted molar refractivity (Wildman–Crippen MR) is 171 cm³/mol. The zero-order chi connectivity index (χ0) is 33.2. The van der Waals surface area contributed by atoms with Crippen LogP contribution in [0.5, 0.6) is 0 Å². The van der Waals surface area contributed by atoms with Gasteiger partial charge in [-0.1, -0.05) is 60.1 Å². The number of hydrogen-bond acceptors (Lipinski definition) is 8. The van der Waals surface area contributed by atoms with Crippen LogP contribution >= 0.6 is 0 Å². The number of fused-ring (bicyclic) bond motifs is 3. The number of hydrogen-bond donors (Lipinski definition) is 3. The smallest absolute Gasteiger partial charge is 0.320 e. The van der Waals surface area contributed by atoms with E-state index >= 15 is 0 Å². The highest BCUT2D eigenvalue weighted by Gasteiger charge is 2.72. The first kappa shape index (κ1) is 34.4. The number of rotatable bonds is 9. The Labute approximate surface area is 269 Å². The quantitative estimate of drug-likeness (QED) is 0.183. The summed E-state index contributed by atoms with van der Waals surface area (Å²) < 4.78 is 18.6. The van der Waals surface area contributed by atoms with E-state index in [9.17, 15) is 19.5 Å². The van der Waals surface area contributed by atoms with E-state index in [1.165, 1.54) is 12.5 Å². The first-order valence-electron chi connectivity index (χ1n) is 17.3. The maximum atomic E-state index is 13.3. The molecule has 0 aromatic rings. The molecule has 254 valence electrons. The second kappa shape index (κ2) is 11.9. The van der Waals surface area contributed by atoms with Gasteiger partial charge >= 0.3 is 17.9 Å². The van der Waals surface area contributed by atoms with E-state index in [1.54, 1.807) is 0 Å². The van der Waals surface area contributed by atoms with Gasteiger partial charge in [0.25, 0.3) is 0 Å². The van der Waals surface area contributed by atoms with E-state index in [1.807, 2.05) is 0 Å². The third-order valence-electron chi connectivity index (χ3n) is 14.2. The van der Waals surface area contributed by atoms with Gasteiger partial charge in [0.05, 0.1) is 25.7 Å². The molecule has 1 saturated heterocycles. The van der Waals surface area contributed by atoms with Crippen molar-refractivity contribution in [3.63, 3.8) is 0 Å². The summed E-state index contributed by atoms with van der Waals surface area (Å²) in [5, 5.41) is 13.9. The Morgan fingerprint density at radius 1 is 1.07 bits per heavy atom. The molecular formula is C36H58N2O7. The molecule has 1 aliphatic heterocycles. The number of allylic oxidation sites excluding steroid dienone is 1. The zero-order valence-corrected chi connectivity index (χ0v) is 28.9. The SMILES string of the molecule is CC(=O)O[C@@H]1C[C@]23COC[C@@](C)([C@@H]2CC[C@H]2C3=CC[C@@]3(C)[C@H](C(=O)O)[C@@](C)([C@H](C)C(C)C)CC[C@]23C)[C@H]1OC(=O)CNCCN. The number of ether oxygens (including phenoxy) is 3. The van der Waals surface area contributed by atoms with Crippen molar-refractivity contribution in [1.82, 2.24) is 5.32 Å². The lowest BCUT2D eigenvalue weighted by molar-refractivity contribution is -0.262. The highest BCUT2D eigenvalue weighted by atomic mass is 16.6. The number of carboxylic acid groups (broad SMARTS) is 1. The molecule has 0 spiro atoms. The van der Waals surface area contributed by atoms with Crippen LogP contribution in [0.4, 0.5) is 0 Å². The standard InChI is InChI=1S/C36H58N2O7/c1-21(2)22(3)32(5)13-14-34(7)24-9-10-27-33(6)19-43-20-36(27,25(24)11-12-35(34,8)29(32)31(41)42)17-26(44-23(4)39)30(33)45-28(40)18-38-16-15-37/h11,21-22,24,26-27,29-30,38H,9-10,12-20,37H2,1-8H3,(H,41,42)/t22-,24+,26-,27+,29-,30+,32-,33+,34-,35+,36-/m1/s1. The molecule has 0 amide bonds. The summed E-state index contributed by atoms with van der Waals surface area (Å²) >= 11 is 0. The van der Waals surface area contributed by atoms with Gasteiger partial charge in [-0.2, -0.15) is 0 Å². The Hall–Kier alpha value is -1.97. The number of carboxylic acids is 1. The molecule has 5 aliphatic rings. The van der Waals surface area contributed by atoms with Crippen molar-refractivity contribution in [1.29, 1.82) is 0 Å². The molecule has 9 nitrogen and oxygen atoms in total. The van der Waals surface area contributed by atoms with Crippen LogP contribution in [0.15, 0.2) is 11.6 Å². The fourth-order valence-corrected chi connectivity index (χ4v) is 11.6. The molecule has 1 heterocycles. The Balaban J connectivity index is 1.55. The monoisotopic (exact) mass is 630 g/mol. The topological polar surface area (TPSA) is 137 Å². The molecule has 4 fully saturated rings. The van der Waals surface area contributed by atoms with Crippen LogP contribution in [-0.4, -0.2) is 68.1 Å². The summed E-state index contributed by atoms with van der Waals surface area (Å²) in [4.78, 5) is 38.8. The van der Waals surface area contributed by atoms with E-state index in [4.69, 9.17) is 19.9 Å². The summed E-state index contributed by atoms with van der Waals surface area (Å²) in [6.07, 6.45) is 6.13. The van der Waals surface area contributed by atoms with Crippen molar-refractivity contribution in [3.05, 3.63) is 11.6 Å². The first-order chi connectivity index (χ1) is 21.0. The van der Waals surface area contributed by atoms with Crippen LogP contribution in [0.3, 0.4) is 0 Å². The number of nitrogens with two attached hydrogens (primary N) is 1. The van der Waals surface area contributed by atoms with E-state index in [-0.39, 0.29) is 52.5 Å². The summed E-state index contributed by atoms with van der Waals surface area (Å²) in [6.45, 7) is 19.0. The van der Waals surface area contributed by atoms with Gasteiger partial charge in [0, 0.05) is 30.8 Å². The average Bonchev–Trinajstić information content (AvgIpc) is 2.95. The third kappa shape index (κ3) is 5.09. The summed E-state index contributed by atoms with van der Waals surface area (Å²) in [5.74, 6) is -0.853. The van der Waals surface area contributed by atoms with Crippen molar-refractivity contribution < 1.29 is 33.7 Å². The fraction of sp³-hybridized carbons (Fsp3) is 0.861. The summed E-state index contributed by atoms with van der Waals surface area (Å²) in [5.41, 5.74) is 5.11. The van der Waals surface area contributed by atoms with Gasteiger partial charge in [-0.25, -0.2) is 0 Å². The van der Waals surface area contributed by atoms with Crippen molar-refractivity contribution in [2.24, 2.45) is 62.4 Å². The van der Waals surface area contributed by atoms with Crippen LogP contribution in [0.25, 0.3) is 0 Å². The minimum Gasteiger partial charge on any atom is -0.481 e. The van der Waals surface area contributed by atoms with Gasteiger partial charge in [-0.05, 0) is 78.4 Å². The Morgan fingerprint density at radius 2 is 1.78 bits per heavy atom. The van der Waals surface area contributed by atoms with Gasteiger partial charge in [0.1, 0.15) is 12.2 Å². The summed E-state index contributed by atoms with van der Waals surface area (Å²) in [7, 11) is 0. The Kier molecular flexibility index (Phi) is 9.11. The van der Waals surface area contributed by atoms with E-state index in [2.05, 4.69) is 59.9 Å². The van der Waals surface area contributed by atoms with Crippen molar-refractivity contribution in [3.8, 4) is 0 Å². The normalized spacial score (nSPS) is 44.5. The van der Waals surface area contributed by atoms with Crippen LogP contribution in [0.2, 0.25) is 0 Å². The molecule has 9 heteroatoms. The Morgan fingerprint density at radius 3 is 2.40 bits per heavy atom. The molecule has 0 unspecified atom stereocenters. The largest absolute Gasteiger partial charge is 0.481 e. The number of carbonyl (C=O) groups is 3. The molecule has 5 rings (SSSR count). The first-order valence-corrected chi connectivity index (χ1v) is 17.3. The van der Waals surface area contributed by atoms with Crippen molar-refractivity contribution in [2.75, 3.05) is 32.8 Å². The van der Waals surface area contributed by atoms with E-state index < -0.39 is 34.9 Å².